The fourth-order valence-electron chi connectivity index (χ4n) is 7.32. The molecular formula is C45H42N4O6. The van der Waals surface area contributed by atoms with Crippen LogP contribution in [-0.2, 0) is 34.7 Å². The Morgan fingerprint density at radius 1 is 0.800 bits per heavy atom. The summed E-state index contributed by atoms with van der Waals surface area (Å²) in [4.78, 5) is 56.8. The van der Waals surface area contributed by atoms with Gasteiger partial charge in [-0.2, -0.15) is 0 Å². The third kappa shape index (κ3) is 7.68. The Bertz CT molecular complexity index is 2240. The van der Waals surface area contributed by atoms with Crippen molar-refractivity contribution in [2.24, 2.45) is 5.92 Å². The first-order chi connectivity index (χ1) is 26.6. The van der Waals surface area contributed by atoms with Crippen molar-refractivity contribution in [2.45, 2.75) is 44.5 Å². The topological polar surface area (TPSA) is 139 Å². The van der Waals surface area contributed by atoms with Crippen LogP contribution in [0.1, 0.15) is 56.3 Å². The molecule has 4 N–H and O–H groups in total. The van der Waals surface area contributed by atoms with Crippen molar-refractivity contribution < 1.29 is 29.4 Å². The van der Waals surface area contributed by atoms with Crippen LogP contribution in [-0.4, -0.2) is 51.4 Å². The summed E-state index contributed by atoms with van der Waals surface area (Å²) in [5.74, 6) is -2.07. The number of carbonyl (C=O) groups is 4. The van der Waals surface area contributed by atoms with Crippen molar-refractivity contribution in [1.29, 1.82) is 0 Å². The van der Waals surface area contributed by atoms with Crippen LogP contribution in [0.5, 0.6) is 0 Å². The Kier molecular flexibility index (Phi) is 10.7. The maximum atomic E-state index is 14.4. The van der Waals surface area contributed by atoms with E-state index in [2.05, 4.69) is 10.6 Å². The van der Waals surface area contributed by atoms with Gasteiger partial charge in [0.2, 0.25) is 5.91 Å². The number of fused-ring (bicyclic) bond motifs is 2. The Morgan fingerprint density at radius 3 is 2.02 bits per heavy atom. The number of nitrogens with zero attached hydrogens (tertiary/aromatic N) is 2. The average Bonchev–Trinajstić information content (AvgIpc) is 3.43. The molecule has 2 aliphatic rings. The van der Waals surface area contributed by atoms with Crippen molar-refractivity contribution in [3.63, 3.8) is 0 Å². The number of amides is 4. The van der Waals surface area contributed by atoms with Gasteiger partial charge in [-0.1, -0.05) is 91.9 Å². The number of aliphatic hydroxyl groups excluding tert-OH is 1. The number of carbonyl (C=O) groups excluding carboxylic acids is 4. The summed E-state index contributed by atoms with van der Waals surface area (Å²) in [6.07, 6.45) is 3.92. The van der Waals surface area contributed by atoms with E-state index in [4.69, 9.17) is 0 Å². The maximum absolute atomic E-state index is 14.4. The van der Waals surface area contributed by atoms with E-state index in [9.17, 15) is 29.4 Å². The Morgan fingerprint density at radius 2 is 1.38 bits per heavy atom. The number of anilines is 3. The molecule has 0 saturated carbocycles. The first kappa shape index (κ1) is 37.0. The Labute approximate surface area is 319 Å². The van der Waals surface area contributed by atoms with E-state index < -0.39 is 17.4 Å². The third-order valence-electron chi connectivity index (χ3n) is 10.4. The second kappa shape index (κ2) is 15.9. The van der Waals surface area contributed by atoms with E-state index in [0.29, 0.717) is 46.7 Å². The number of hydrogen-bond donors (Lipinski definition) is 4. The second-order valence-electron chi connectivity index (χ2n) is 14.0. The standard InChI is InChI=1S/C45H42N4O6/c1-30(11-10-18-41(51)48-28-35-17-9-8-16-34(35)25-38(48)29-50)45(55)39-26-37(47-43(53)33-14-6-3-7-15-33)23-24-40(39)49(44(45)54)27-31-19-21-36(22-20-31)46-42(52)32-12-4-2-5-13-32/h2-17,19-24,26,30,38,50,55H,18,25,27-29H2,1H3,(H,46,52)(H,47,53)/b11-10+/t30-,38+,45+/m1/s1. The van der Waals surface area contributed by atoms with Crippen molar-refractivity contribution in [3.05, 3.63) is 173 Å². The van der Waals surface area contributed by atoms with Gasteiger partial charge in [0.25, 0.3) is 17.7 Å². The van der Waals surface area contributed by atoms with Crippen molar-refractivity contribution in [2.75, 3.05) is 22.1 Å². The molecule has 2 heterocycles. The summed E-state index contributed by atoms with van der Waals surface area (Å²) in [5.41, 5.74) is 3.70. The summed E-state index contributed by atoms with van der Waals surface area (Å²) in [5, 5.41) is 28.3. The van der Waals surface area contributed by atoms with Crippen molar-refractivity contribution in [1.82, 2.24) is 4.90 Å². The molecule has 7 rings (SSSR count). The molecule has 4 amide bonds. The summed E-state index contributed by atoms with van der Waals surface area (Å²) < 4.78 is 0. The lowest BCUT2D eigenvalue weighted by Gasteiger charge is -2.36. The van der Waals surface area contributed by atoms with E-state index in [0.717, 1.165) is 16.7 Å². The third-order valence-corrected chi connectivity index (χ3v) is 10.4. The molecule has 0 radical (unpaired) electrons. The van der Waals surface area contributed by atoms with Crippen LogP contribution < -0.4 is 15.5 Å². The minimum atomic E-state index is -2.02. The molecule has 2 aliphatic heterocycles. The van der Waals surface area contributed by atoms with E-state index in [1.165, 1.54) is 4.90 Å². The van der Waals surface area contributed by atoms with Gasteiger partial charge >= 0.3 is 0 Å². The highest BCUT2D eigenvalue weighted by molar-refractivity contribution is 6.09. The summed E-state index contributed by atoms with van der Waals surface area (Å²) in [6, 6.07) is 37.4. The molecule has 0 aliphatic carbocycles. The molecule has 0 bridgehead atoms. The summed E-state index contributed by atoms with van der Waals surface area (Å²) in [6.45, 7) is 2.09. The molecule has 0 spiro atoms. The zero-order valence-electron chi connectivity index (χ0n) is 30.4. The normalized spacial score (nSPS) is 18.1. The van der Waals surface area contributed by atoms with Crippen LogP contribution in [0.3, 0.4) is 0 Å². The van der Waals surface area contributed by atoms with Crippen LogP contribution >= 0.6 is 0 Å². The van der Waals surface area contributed by atoms with Gasteiger partial charge in [-0.25, -0.2) is 0 Å². The second-order valence-corrected chi connectivity index (χ2v) is 14.0. The quantitative estimate of drug-likeness (QED) is 0.115. The van der Waals surface area contributed by atoms with Gasteiger partial charge in [-0.05, 0) is 77.7 Å². The van der Waals surface area contributed by atoms with Crippen LogP contribution in [0.15, 0.2) is 140 Å². The van der Waals surface area contributed by atoms with Gasteiger partial charge in [0.1, 0.15) is 0 Å². The van der Waals surface area contributed by atoms with Crippen molar-refractivity contribution >= 4 is 40.7 Å². The molecule has 278 valence electrons. The zero-order valence-corrected chi connectivity index (χ0v) is 30.4. The molecule has 10 nitrogen and oxygen atoms in total. The Hall–Kier alpha value is -6.36. The minimum Gasteiger partial charge on any atom is -0.394 e. The lowest BCUT2D eigenvalue weighted by atomic mass is 9.82. The molecule has 0 saturated heterocycles. The molecule has 55 heavy (non-hydrogen) atoms. The van der Waals surface area contributed by atoms with E-state index in [1.807, 2.05) is 48.5 Å². The van der Waals surface area contributed by atoms with Gasteiger partial charge in [-0.3, -0.25) is 19.2 Å². The number of nitrogens with one attached hydrogen (secondary N) is 2. The molecular weight excluding hydrogens is 693 g/mol. The lowest BCUT2D eigenvalue weighted by Crippen LogP contribution is -2.46. The van der Waals surface area contributed by atoms with E-state index in [-0.39, 0.29) is 43.3 Å². The number of hydrogen-bond acceptors (Lipinski definition) is 6. The molecule has 10 heteroatoms. The van der Waals surface area contributed by atoms with Gasteiger partial charge in [-0.15, -0.1) is 0 Å². The molecule has 5 aromatic rings. The molecule has 5 aromatic carbocycles. The van der Waals surface area contributed by atoms with Crippen LogP contribution in [0, 0.1) is 5.92 Å². The smallest absolute Gasteiger partial charge is 0.264 e. The fourth-order valence-corrected chi connectivity index (χ4v) is 7.32. The first-order valence-corrected chi connectivity index (χ1v) is 18.3. The SMILES string of the molecule is C[C@H](/C=C/CC(=O)N1Cc2ccccc2C[C@H]1CO)[C@@]1(O)C(=O)N(Cc2ccc(NC(=O)c3ccccc3)cc2)c2ccc(NC(=O)c3ccccc3)cc21. The molecule has 3 atom stereocenters. The Balaban J connectivity index is 1.12. The van der Waals surface area contributed by atoms with E-state index in [1.54, 1.807) is 103 Å². The highest BCUT2D eigenvalue weighted by atomic mass is 16.3. The largest absolute Gasteiger partial charge is 0.394 e. The number of rotatable bonds is 11. The zero-order chi connectivity index (χ0) is 38.5. The number of benzene rings is 5. The van der Waals surface area contributed by atoms with Crippen LogP contribution in [0.4, 0.5) is 17.1 Å². The highest BCUT2D eigenvalue weighted by Gasteiger charge is 2.52. The average molecular weight is 735 g/mol. The van der Waals surface area contributed by atoms with Gasteiger partial charge in [0, 0.05) is 46.9 Å². The monoisotopic (exact) mass is 734 g/mol. The first-order valence-electron chi connectivity index (χ1n) is 18.3. The van der Waals surface area contributed by atoms with Gasteiger partial charge in [0.15, 0.2) is 5.60 Å². The van der Waals surface area contributed by atoms with Crippen LogP contribution in [0.2, 0.25) is 0 Å². The van der Waals surface area contributed by atoms with Crippen LogP contribution in [0.25, 0.3) is 0 Å². The van der Waals surface area contributed by atoms with E-state index >= 15 is 0 Å². The number of aliphatic hydroxyl groups is 2. The molecule has 0 aromatic heterocycles. The molecule has 0 fully saturated rings. The fraction of sp³-hybridized carbons (Fsp3) is 0.200. The highest BCUT2D eigenvalue weighted by Crippen LogP contribution is 2.47. The summed E-state index contributed by atoms with van der Waals surface area (Å²) in [7, 11) is 0. The predicted octanol–water partition coefficient (Wildman–Crippen LogP) is 6.45. The van der Waals surface area contributed by atoms with Gasteiger partial charge in [0.05, 0.1) is 24.9 Å². The van der Waals surface area contributed by atoms with Crippen molar-refractivity contribution in [3.8, 4) is 0 Å². The predicted molar refractivity (Wildman–Crippen MR) is 211 cm³/mol. The molecule has 0 unspecified atom stereocenters. The lowest BCUT2D eigenvalue weighted by molar-refractivity contribution is -0.139. The summed E-state index contributed by atoms with van der Waals surface area (Å²) >= 11 is 0. The minimum absolute atomic E-state index is 0.0180. The maximum Gasteiger partial charge on any atom is 0.264 e. The van der Waals surface area contributed by atoms with Gasteiger partial charge < -0.3 is 30.6 Å².